The van der Waals surface area contributed by atoms with E-state index in [2.05, 4.69) is 10.1 Å². The summed E-state index contributed by atoms with van der Waals surface area (Å²) in [5.74, 6) is -2.00. The number of carbonyl (C=O) groups excluding carboxylic acids is 2. The molecule has 0 spiro atoms. The van der Waals surface area contributed by atoms with Crippen LogP contribution in [0.2, 0.25) is 0 Å². The lowest BCUT2D eigenvalue weighted by Gasteiger charge is -2.11. The Hall–Kier alpha value is -1.91. The van der Waals surface area contributed by atoms with E-state index in [1.165, 1.54) is 19.2 Å². The molecule has 0 saturated heterocycles. The van der Waals surface area contributed by atoms with Crippen molar-refractivity contribution in [2.24, 2.45) is 5.92 Å². The molecule has 0 bridgehead atoms. The maximum Gasteiger partial charge on any atom is 0.310 e. The summed E-state index contributed by atoms with van der Waals surface area (Å²) in [5.41, 5.74) is 0.773. The van der Waals surface area contributed by atoms with E-state index in [-0.39, 0.29) is 12.1 Å². The third kappa shape index (κ3) is 3.55. The second-order valence-corrected chi connectivity index (χ2v) is 4.12. The van der Waals surface area contributed by atoms with Gasteiger partial charge in [-0.1, -0.05) is 18.6 Å². The average Bonchev–Trinajstić information content (AvgIpc) is 2.37. The summed E-state index contributed by atoms with van der Waals surface area (Å²) in [4.78, 5) is 22.9. The second kappa shape index (κ2) is 6.14. The smallest absolute Gasteiger partial charge is 0.310 e. The molecule has 18 heavy (non-hydrogen) atoms. The van der Waals surface area contributed by atoms with Crippen molar-refractivity contribution in [1.82, 2.24) is 5.32 Å². The number of benzene rings is 1. The minimum Gasteiger partial charge on any atom is -0.469 e. The number of halogens is 1. The number of amides is 1. The first-order chi connectivity index (χ1) is 8.45. The van der Waals surface area contributed by atoms with Crippen molar-refractivity contribution in [3.05, 3.63) is 35.1 Å². The average molecular weight is 253 g/mol. The molecule has 1 aromatic carbocycles. The topological polar surface area (TPSA) is 55.4 Å². The molecule has 4 nitrogen and oxygen atoms in total. The third-order valence-electron chi connectivity index (χ3n) is 2.54. The van der Waals surface area contributed by atoms with Gasteiger partial charge in [-0.3, -0.25) is 9.59 Å². The number of ether oxygens (including phenoxy) is 1. The van der Waals surface area contributed by atoms with Crippen molar-refractivity contribution in [1.29, 1.82) is 0 Å². The highest BCUT2D eigenvalue weighted by atomic mass is 19.1. The lowest BCUT2D eigenvalue weighted by atomic mass is 10.1. The molecule has 0 aliphatic heterocycles. The van der Waals surface area contributed by atoms with Crippen LogP contribution in [0.4, 0.5) is 4.39 Å². The van der Waals surface area contributed by atoms with Gasteiger partial charge in [-0.05, 0) is 19.1 Å². The largest absolute Gasteiger partial charge is 0.469 e. The first-order valence-corrected chi connectivity index (χ1v) is 5.58. The van der Waals surface area contributed by atoms with E-state index in [4.69, 9.17) is 0 Å². The number of rotatable bonds is 4. The van der Waals surface area contributed by atoms with E-state index < -0.39 is 23.6 Å². The van der Waals surface area contributed by atoms with E-state index in [9.17, 15) is 14.0 Å². The third-order valence-corrected chi connectivity index (χ3v) is 2.54. The molecular formula is C13H16FNO3. The summed E-state index contributed by atoms with van der Waals surface area (Å²) in [6.07, 6.45) is 0. The Morgan fingerprint density at radius 2 is 2.11 bits per heavy atom. The summed E-state index contributed by atoms with van der Waals surface area (Å²) in [5, 5.41) is 2.50. The van der Waals surface area contributed by atoms with Crippen LogP contribution in [0, 0.1) is 18.7 Å². The number of aryl methyl sites for hydroxylation is 1. The van der Waals surface area contributed by atoms with Crippen LogP contribution in [-0.4, -0.2) is 25.5 Å². The molecule has 1 atom stereocenters. The van der Waals surface area contributed by atoms with Crippen LogP contribution in [-0.2, 0) is 9.53 Å². The van der Waals surface area contributed by atoms with Gasteiger partial charge in [0.2, 0.25) is 0 Å². The van der Waals surface area contributed by atoms with Crippen LogP contribution in [0.5, 0.6) is 0 Å². The van der Waals surface area contributed by atoms with Gasteiger partial charge in [0, 0.05) is 6.54 Å². The van der Waals surface area contributed by atoms with Gasteiger partial charge < -0.3 is 10.1 Å². The molecule has 0 saturated carbocycles. The zero-order valence-corrected chi connectivity index (χ0v) is 10.6. The van der Waals surface area contributed by atoms with E-state index >= 15 is 0 Å². The molecule has 0 fully saturated rings. The fraction of sp³-hybridized carbons (Fsp3) is 0.385. The Balaban J connectivity index is 2.66. The molecule has 1 unspecified atom stereocenters. The lowest BCUT2D eigenvalue weighted by molar-refractivity contribution is -0.144. The molecule has 0 heterocycles. The van der Waals surface area contributed by atoms with Crippen LogP contribution in [0.25, 0.3) is 0 Å². The van der Waals surface area contributed by atoms with Crippen molar-refractivity contribution in [3.63, 3.8) is 0 Å². The number of esters is 1. The minimum atomic E-state index is -0.580. The summed E-state index contributed by atoms with van der Waals surface area (Å²) < 4.78 is 17.9. The van der Waals surface area contributed by atoms with E-state index in [0.29, 0.717) is 0 Å². The minimum absolute atomic E-state index is 0.0212. The molecule has 5 heteroatoms. The van der Waals surface area contributed by atoms with Gasteiger partial charge in [0.25, 0.3) is 5.91 Å². The molecule has 1 aromatic rings. The normalized spacial score (nSPS) is 11.8. The fourth-order valence-corrected chi connectivity index (χ4v) is 1.44. The summed E-state index contributed by atoms with van der Waals surface area (Å²) in [7, 11) is 1.28. The zero-order valence-electron chi connectivity index (χ0n) is 10.6. The first kappa shape index (κ1) is 14.2. The van der Waals surface area contributed by atoms with Crippen molar-refractivity contribution in [2.75, 3.05) is 13.7 Å². The summed E-state index contributed by atoms with van der Waals surface area (Å²) in [6, 6.07) is 4.30. The van der Waals surface area contributed by atoms with E-state index in [0.717, 1.165) is 5.56 Å². The Kier molecular flexibility index (Phi) is 4.83. The standard InChI is InChI=1S/C13H16FNO3/c1-8-4-5-11(14)10(6-8)12(16)15-7-9(2)13(17)18-3/h4-6,9H,7H2,1-3H3,(H,15,16). The van der Waals surface area contributed by atoms with Crippen LogP contribution in [0.1, 0.15) is 22.8 Å². The van der Waals surface area contributed by atoms with Gasteiger partial charge in [0.05, 0.1) is 18.6 Å². The van der Waals surface area contributed by atoms with Gasteiger partial charge in [-0.25, -0.2) is 4.39 Å². The quantitative estimate of drug-likeness (QED) is 0.830. The summed E-state index contributed by atoms with van der Waals surface area (Å²) in [6.45, 7) is 3.50. The molecule has 1 N–H and O–H groups in total. The highest BCUT2D eigenvalue weighted by Gasteiger charge is 2.16. The van der Waals surface area contributed by atoms with Crippen molar-refractivity contribution < 1.29 is 18.7 Å². The Bertz CT molecular complexity index is 460. The Morgan fingerprint density at radius 3 is 2.72 bits per heavy atom. The lowest BCUT2D eigenvalue weighted by Crippen LogP contribution is -2.32. The molecule has 0 aliphatic rings. The number of methoxy groups -OCH3 is 1. The van der Waals surface area contributed by atoms with E-state index in [1.807, 2.05) is 0 Å². The molecule has 1 amide bonds. The van der Waals surface area contributed by atoms with Gasteiger partial charge in [-0.2, -0.15) is 0 Å². The fourth-order valence-electron chi connectivity index (χ4n) is 1.44. The van der Waals surface area contributed by atoms with Crippen molar-refractivity contribution in [3.8, 4) is 0 Å². The second-order valence-electron chi connectivity index (χ2n) is 4.12. The SMILES string of the molecule is COC(=O)C(C)CNC(=O)c1cc(C)ccc1F. The van der Waals surface area contributed by atoms with Gasteiger partial charge >= 0.3 is 5.97 Å². The molecule has 0 aliphatic carbocycles. The predicted octanol–water partition coefficient (Wildman–Crippen LogP) is 1.67. The number of nitrogens with one attached hydrogen (secondary N) is 1. The van der Waals surface area contributed by atoms with Crippen LogP contribution < -0.4 is 5.32 Å². The van der Waals surface area contributed by atoms with Gasteiger partial charge in [0.1, 0.15) is 5.82 Å². The summed E-state index contributed by atoms with van der Waals surface area (Å²) >= 11 is 0. The van der Waals surface area contributed by atoms with Crippen LogP contribution >= 0.6 is 0 Å². The molecule has 0 aromatic heterocycles. The number of carbonyl (C=O) groups is 2. The number of hydrogen-bond acceptors (Lipinski definition) is 3. The first-order valence-electron chi connectivity index (χ1n) is 5.58. The molecule has 0 radical (unpaired) electrons. The maximum absolute atomic E-state index is 13.4. The molecular weight excluding hydrogens is 237 g/mol. The monoisotopic (exact) mass is 253 g/mol. The van der Waals surface area contributed by atoms with Crippen LogP contribution in [0.3, 0.4) is 0 Å². The Labute approximate surface area is 105 Å². The predicted molar refractivity (Wildman–Crippen MR) is 64.7 cm³/mol. The number of hydrogen-bond donors (Lipinski definition) is 1. The highest BCUT2D eigenvalue weighted by Crippen LogP contribution is 2.10. The van der Waals surface area contributed by atoms with Crippen molar-refractivity contribution in [2.45, 2.75) is 13.8 Å². The van der Waals surface area contributed by atoms with Crippen molar-refractivity contribution >= 4 is 11.9 Å². The zero-order chi connectivity index (χ0) is 13.7. The van der Waals surface area contributed by atoms with Crippen LogP contribution in [0.15, 0.2) is 18.2 Å². The molecule has 98 valence electrons. The Morgan fingerprint density at radius 1 is 1.44 bits per heavy atom. The maximum atomic E-state index is 13.4. The van der Waals surface area contributed by atoms with Gasteiger partial charge in [-0.15, -0.1) is 0 Å². The van der Waals surface area contributed by atoms with Gasteiger partial charge in [0.15, 0.2) is 0 Å². The molecule has 1 rings (SSSR count). The van der Waals surface area contributed by atoms with E-state index in [1.54, 1.807) is 19.9 Å². The highest BCUT2D eigenvalue weighted by molar-refractivity contribution is 5.94.